The molecule has 0 radical (unpaired) electrons. The van der Waals surface area contributed by atoms with Gasteiger partial charge in [-0.1, -0.05) is 11.6 Å². The van der Waals surface area contributed by atoms with Crippen molar-refractivity contribution in [3.63, 3.8) is 0 Å². The SMILES string of the molecule is O=C(CS)c1ccc(Cl)cc1. The van der Waals surface area contributed by atoms with E-state index in [1.807, 2.05) is 0 Å². The summed E-state index contributed by atoms with van der Waals surface area (Å²) in [7, 11) is 0. The molecule has 0 unspecified atom stereocenters. The molecule has 11 heavy (non-hydrogen) atoms. The van der Waals surface area contributed by atoms with Crippen LogP contribution in [0.15, 0.2) is 24.3 Å². The van der Waals surface area contributed by atoms with Gasteiger partial charge in [0.25, 0.3) is 0 Å². The third kappa shape index (κ3) is 2.24. The third-order valence-corrected chi connectivity index (χ3v) is 1.85. The number of hydrogen-bond donors (Lipinski definition) is 1. The van der Waals surface area contributed by atoms with E-state index >= 15 is 0 Å². The first-order valence-corrected chi connectivity index (χ1v) is 4.14. The van der Waals surface area contributed by atoms with E-state index in [0.717, 1.165) is 0 Å². The molecule has 0 saturated carbocycles. The van der Waals surface area contributed by atoms with Crippen LogP contribution in [0.3, 0.4) is 0 Å². The minimum atomic E-state index is 0.0185. The molecule has 0 bridgehead atoms. The van der Waals surface area contributed by atoms with E-state index in [1.165, 1.54) is 0 Å². The van der Waals surface area contributed by atoms with E-state index in [4.69, 9.17) is 11.6 Å². The largest absolute Gasteiger partial charge is 0.293 e. The Hall–Kier alpha value is -0.470. The summed E-state index contributed by atoms with van der Waals surface area (Å²) in [6, 6.07) is 6.78. The summed E-state index contributed by atoms with van der Waals surface area (Å²) >= 11 is 9.50. The fourth-order valence-corrected chi connectivity index (χ4v) is 1.04. The molecule has 3 heteroatoms. The number of carbonyl (C=O) groups excluding carboxylic acids is 1. The van der Waals surface area contributed by atoms with Crippen molar-refractivity contribution in [2.24, 2.45) is 0 Å². The molecule has 0 aromatic heterocycles. The second-order valence-electron chi connectivity index (χ2n) is 2.09. The second-order valence-corrected chi connectivity index (χ2v) is 2.84. The van der Waals surface area contributed by atoms with E-state index in [-0.39, 0.29) is 11.5 Å². The van der Waals surface area contributed by atoms with Gasteiger partial charge in [0.1, 0.15) is 0 Å². The zero-order valence-electron chi connectivity index (χ0n) is 5.75. The predicted octanol–water partition coefficient (Wildman–Crippen LogP) is 2.45. The van der Waals surface area contributed by atoms with Gasteiger partial charge >= 0.3 is 0 Å². The minimum absolute atomic E-state index is 0.0185. The standard InChI is InChI=1S/C8H7ClOS/c9-7-3-1-6(2-4-7)8(10)5-11/h1-4,11H,5H2. The van der Waals surface area contributed by atoms with Crippen molar-refractivity contribution in [2.45, 2.75) is 0 Å². The molecular weight excluding hydrogens is 180 g/mol. The van der Waals surface area contributed by atoms with Gasteiger partial charge in [-0.3, -0.25) is 4.79 Å². The Kier molecular flexibility index (Phi) is 2.97. The fourth-order valence-electron chi connectivity index (χ4n) is 0.727. The van der Waals surface area contributed by atoms with Gasteiger partial charge in [-0.15, -0.1) is 0 Å². The Bertz CT molecular complexity index is 255. The lowest BCUT2D eigenvalue weighted by atomic mass is 10.1. The summed E-state index contributed by atoms with van der Waals surface area (Å²) in [5, 5.41) is 0.640. The molecule has 0 saturated heterocycles. The molecule has 1 nitrogen and oxygen atoms in total. The average Bonchev–Trinajstić information content (AvgIpc) is 2.05. The molecule has 1 rings (SSSR count). The Balaban J connectivity index is 2.90. The number of halogens is 1. The van der Waals surface area contributed by atoms with Gasteiger partial charge < -0.3 is 0 Å². The predicted molar refractivity (Wildman–Crippen MR) is 49.6 cm³/mol. The van der Waals surface area contributed by atoms with Crippen LogP contribution in [-0.2, 0) is 0 Å². The number of Topliss-reactive ketones (excluding diaryl/α,β-unsaturated/α-hetero) is 1. The first-order chi connectivity index (χ1) is 5.24. The molecule has 0 fully saturated rings. The van der Waals surface area contributed by atoms with Gasteiger partial charge in [-0.05, 0) is 24.3 Å². The minimum Gasteiger partial charge on any atom is -0.293 e. The molecular formula is C8H7ClOS. The molecule has 0 aliphatic heterocycles. The van der Waals surface area contributed by atoms with Crippen LogP contribution in [-0.4, -0.2) is 11.5 Å². The van der Waals surface area contributed by atoms with Crippen LogP contribution in [0.4, 0.5) is 0 Å². The van der Waals surface area contributed by atoms with E-state index < -0.39 is 0 Å². The molecule has 0 atom stereocenters. The highest BCUT2D eigenvalue weighted by Gasteiger charge is 2.00. The zero-order chi connectivity index (χ0) is 8.27. The maximum absolute atomic E-state index is 11.0. The second kappa shape index (κ2) is 3.79. The van der Waals surface area contributed by atoms with Crippen LogP contribution in [0.25, 0.3) is 0 Å². The molecule has 0 spiro atoms. The maximum Gasteiger partial charge on any atom is 0.172 e. The van der Waals surface area contributed by atoms with Crippen molar-refractivity contribution in [2.75, 3.05) is 5.75 Å². The van der Waals surface area contributed by atoms with E-state index in [0.29, 0.717) is 10.6 Å². The molecule has 0 amide bonds. The normalized spacial score (nSPS) is 9.64. The lowest BCUT2D eigenvalue weighted by Gasteiger charge is -1.95. The smallest absolute Gasteiger partial charge is 0.172 e. The monoisotopic (exact) mass is 186 g/mol. The van der Waals surface area contributed by atoms with Crippen molar-refractivity contribution in [1.29, 1.82) is 0 Å². The molecule has 1 aromatic carbocycles. The summed E-state index contributed by atoms with van der Waals surface area (Å²) < 4.78 is 0. The summed E-state index contributed by atoms with van der Waals surface area (Å²) in [6.07, 6.45) is 0. The average molecular weight is 187 g/mol. The lowest BCUT2D eigenvalue weighted by molar-refractivity contribution is 0.102. The highest BCUT2D eigenvalue weighted by atomic mass is 35.5. The lowest BCUT2D eigenvalue weighted by Crippen LogP contribution is -1.98. The Labute approximate surface area is 75.8 Å². The Morgan fingerprint density at radius 1 is 1.36 bits per heavy atom. The van der Waals surface area contributed by atoms with Crippen LogP contribution in [0.5, 0.6) is 0 Å². The molecule has 0 aliphatic rings. The van der Waals surface area contributed by atoms with Crippen molar-refractivity contribution in [3.05, 3.63) is 34.9 Å². The summed E-state index contributed by atoms with van der Waals surface area (Å²) in [5.41, 5.74) is 0.657. The number of hydrogen-bond acceptors (Lipinski definition) is 2. The maximum atomic E-state index is 11.0. The van der Waals surface area contributed by atoms with Gasteiger partial charge in [-0.25, -0.2) is 0 Å². The van der Waals surface area contributed by atoms with Crippen LogP contribution in [0, 0.1) is 0 Å². The zero-order valence-corrected chi connectivity index (χ0v) is 7.40. The molecule has 58 valence electrons. The fraction of sp³-hybridized carbons (Fsp3) is 0.125. The molecule has 0 aliphatic carbocycles. The molecule has 0 N–H and O–H groups in total. The van der Waals surface area contributed by atoms with Gasteiger partial charge in [0, 0.05) is 10.6 Å². The number of ketones is 1. The first-order valence-electron chi connectivity index (χ1n) is 3.13. The number of rotatable bonds is 2. The van der Waals surface area contributed by atoms with Crippen molar-refractivity contribution in [1.82, 2.24) is 0 Å². The summed E-state index contributed by atoms with van der Waals surface area (Å²) in [6.45, 7) is 0. The van der Waals surface area contributed by atoms with Crippen molar-refractivity contribution < 1.29 is 4.79 Å². The highest BCUT2D eigenvalue weighted by molar-refractivity contribution is 7.81. The number of carbonyl (C=O) groups is 1. The third-order valence-electron chi connectivity index (χ3n) is 1.31. The van der Waals surface area contributed by atoms with Gasteiger partial charge in [0.15, 0.2) is 5.78 Å². The van der Waals surface area contributed by atoms with Crippen molar-refractivity contribution in [3.8, 4) is 0 Å². The van der Waals surface area contributed by atoms with Crippen LogP contribution < -0.4 is 0 Å². The van der Waals surface area contributed by atoms with E-state index in [9.17, 15) is 4.79 Å². The molecule has 1 aromatic rings. The van der Waals surface area contributed by atoms with Crippen LogP contribution in [0.1, 0.15) is 10.4 Å². The van der Waals surface area contributed by atoms with Gasteiger partial charge in [-0.2, -0.15) is 12.6 Å². The van der Waals surface area contributed by atoms with Gasteiger partial charge in [0.05, 0.1) is 5.75 Å². The van der Waals surface area contributed by atoms with Crippen molar-refractivity contribution >= 4 is 30.0 Å². The number of benzene rings is 1. The van der Waals surface area contributed by atoms with Crippen LogP contribution in [0.2, 0.25) is 5.02 Å². The van der Waals surface area contributed by atoms with Crippen LogP contribution >= 0.6 is 24.2 Å². The first kappa shape index (κ1) is 8.62. The molecule has 0 heterocycles. The quantitative estimate of drug-likeness (QED) is 0.555. The summed E-state index contributed by atoms with van der Waals surface area (Å²) in [5.74, 6) is 0.256. The Morgan fingerprint density at radius 3 is 2.36 bits per heavy atom. The van der Waals surface area contributed by atoms with E-state index in [2.05, 4.69) is 12.6 Å². The number of thiol groups is 1. The highest BCUT2D eigenvalue weighted by Crippen LogP contribution is 2.10. The van der Waals surface area contributed by atoms with E-state index in [1.54, 1.807) is 24.3 Å². The summed E-state index contributed by atoms with van der Waals surface area (Å²) in [4.78, 5) is 11.0. The van der Waals surface area contributed by atoms with Gasteiger partial charge in [0.2, 0.25) is 0 Å². The topological polar surface area (TPSA) is 17.1 Å². The Morgan fingerprint density at radius 2 is 1.91 bits per heavy atom.